The molecule has 7 nitrogen and oxygen atoms in total. The van der Waals surface area contributed by atoms with E-state index >= 15 is 0 Å². The number of nitrogens with zero attached hydrogens (tertiary/aromatic N) is 1. The van der Waals surface area contributed by atoms with Crippen molar-refractivity contribution in [2.24, 2.45) is 5.92 Å². The highest BCUT2D eigenvalue weighted by atomic mass is 35.5. The molecule has 0 aromatic heterocycles. The van der Waals surface area contributed by atoms with Gasteiger partial charge < -0.3 is 20.1 Å². The molecule has 2 rings (SSSR count). The van der Waals surface area contributed by atoms with Crippen LogP contribution in [0.5, 0.6) is 5.75 Å². The van der Waals surface area contributed by atoms with Gasteiger partial charge in [-0.15, -0.1) is 0 Å². The second kappa shape index (κ2) is 10.6. The average molecular weight is 392 g/mol. The van der Waals surface area contributed by atoms with Crippen LogP contribution in [0.4, 0.5) is 0 Å². The Labute approximate surface area is 163 Å². The number of amides is 2. The molecule has 27 heavy (non-hydrogen) atoms. The Bertz CT molecular complexity index is 709. The van der Waals surface area contributed by atoms with E-state index in [0.717, 1.165) is 0 Å². The van der Waals surface area contributed by atoms with Crippen LogP contribution in [0.3, 0.4) is 0 Å². The summed E-state index contributed by atoms with van der Waals surface area (Å²) in [6.07, 6.45) is 1.77. The molecule has 2 amide bonds. The van der Waals surface area contributed by atoms with E-state index in [9.17, 15) is 9.59 Å². The summed E-state index contributed by atoms with van der Waals surface area (Å²) in [5.74, 6) is 0.0240. The van der Waals surface area contributed by atoms with Gasteiger partial charge in [0.05, 0.1) is 18.1 Å². The fourth-order valence-corrected chi connectivity index (χ4v) is 2.51. The van der Waals surface area contributed by atoms with Gasteiger partial charge in [-0.25, -0.2) is 0 Å². The van der Waals surface area contributed by atoms with E-state index in [1.165, 1.54) is 0 Å². The van der Waals surface area contributed by atoms with Gasteiger partial charge in [-0.3, -0.25) is 9.59 Å². The molecule has 0 unspecified atom stereocenters. The van der Waals surface area contributed by atoms with Crippen LogP contribution in [0.1, 0.15) is 19.3 Å². The van der Waals surface area contributed by atoms with Crippen LogP contribution < -0.4 is 15.4 Å². The van der Waals surface area contributed by atoms with E-state index in [0.29, 0.717) is 42.3 Å². The lowest BCUT2D eigenvalue weighted by molar-refractivity contribution is -0.130. The molecule has 1 aliphatic carbocycles. The van der Waals surface area contributed by atoms with Crippen LogP contribution >= 0.6 is 11.6 Å². The van der Waals surface area contributed by atoms with Crippen molar-refractivity contribution in [3.05, 3.63) is 41.6 Å². The van der Waals surface area contributed by atoms with Gasteiger partial charge in [0.15, 0.2) is 6.61 Å². The van der Waals surface area contributed by atoms with Gasteiger partial charge >= 0.3 is 0 Å². The molecule has 0 saturated heterocycles. The normalized spacial score (nSPS) is 17.9. The fourth-order valence-electron chi connectivity index (χ4n) is 2.38. The van der Waals surface area contributed by atoms with Crippen molar-refractivity contribution in [1.29, 1.82) is 5.26 Å². The molecular formula is C19H22ClN3O4. The molecule has 2 N–H and O–H groups in total. The van der Waals surface area contributed by atoms with Crippen LogP contribution in [-0.4, -0.2) is 37.7 Å². The molecule has 0 heterocycles. The molecule has 8 heteroatoms. The highest BCUT2D eigenvalue weighted by Gasteiger charge is 2.30. The van der Waals surface area contributed by atoms with Gasteiger partial charge in [-0.1, -0.05) is 18.2 Å². The summed E-state index contributed by atoms with van der Waals surface area (Å²) in [7, 11) is 0. The molecule has 1 aliphatic rings. The first kappa shape index (κ1) is 20.7. The van der Waals surface area contributed by atoms with Crippen molar-refractivity contribution in [2.45, 2.75) is 25.4 Å². The quantitative estimate of drug-likeness (QED) is 0.636. The number of halogens is 1. The minimum Gasteiger partial charge on any atom is -0.484 e. The lowest BCUT2D eigenvalue weighted by Gasteiger charge is -2.30. The molecule has 1 aromatic carbocycles. The Morgan fingerprint density at radius 3 is 2.59 bits per heavy atom. The van der Waals surface area contributed by atoms with Crippen molar-refractivity contribution >= 4 is 23.4 Å². The topological polar surface area (TPSA) is 100 Å². The maximum Gasteiger partial charge on any atom is 0.262 e. The third kappa shape index (κ3) is 7.69. The lowest BCUT2D eigenvalue weighted by Crippen LogP contribution is -2.36. The van der Waals surface area contributed by atoms with Crippen LogP contribution in [-0.2, 0) is 14.3 Å². The van der Waals surface area contributed by atoms with Gasteiger partial charge in [-0.2, -0.15) is 5.26 Å². The van der Waals surface area contributed by atoms with Crippen LogP contribution in [0.2, 0.25) is 5.02 Å². The number of hydrogen-bond acceptors (Lipinski definition) is 5. The summed E-state index contributed by atoms with van der Waals surface area (Å²) in [6, 6.07) is 8.86. The van der Waals surface area contributed by atoms with E-state index in [-0.39, 0.29) is 37.0 Å². The first-order chi connectivity index (χ1) is 13.0. The van der Waals surface area contributed by atoms with E-state index in [4.69, 9.17) is 26.3 Å². The largest absolute Gasteiger partial charge is 0.484 e. The number of rotatable bonds is 10. The molecule has 0 aliphatic heterocycles. The highest BCUT2D eigenvalue weighted by Crippen LogP contribution is 2.28. The number of nitriles is 1. The van der Waals surface area contributed by atoms with E-state index < -0.39 is 0 Å². The Morgan fingerprint density at radius 1 is 1.22 bits per heavy atom. The molecule has 144 valence electrons. The molecule has 1 fully saturated rings. The monoisotopic (exact) mass is 391 g/mol. The SMILES string of the molecule is C=C(CCNC(=O)COC1CC(C#N)C1)NC(=O)COc1ccc(Cl)cc1. The maximum absolute atomic E-state index is 11.8. The summed E-state index contributed by atoms with van der Waals surface area (Å²) in [5, 5.41) is 14.6. The van der Waals surface area contributed by atoms with Crippen LogP contribution in [0, 0.1) is 17.2 Å². The molecule has 0 spiro atoms. The summed E-state index contributed by atoms with van der Waals surface area (Å²) in [4.78, 5) is 23.5. The molecule has 1 aromatic rings. The first-order valence-corrected chi connectivity index (χ1v) is 8.98. The second-order valence-corrected chi connectivity index (χ2v) is 6.66. The summed E-state index contributed by atoms with van der Waals surface area (Å²) in [6.45, 7) is 3.91. The second-order valence-electron chi connectivity index (χ2n) is 6.22. The Kier molecular flexibility index (Phi) is 8.11. The average Bonchev–Trinajstić information content (AvgIpc) is 2.60. The zero-order valence-corrected chi connectivity index (χ0v) is 15.6. The van der Waals surface area contributed by atoms with Crippen molar-refractivity contribution in [2.75, 3.05) is 19.8 Å². The van der Waals surface area contributed by atoms with Crippen LogP contribution in [0.25, 0.3) is 0 Å². The van der Waals surface area contributed by atoms with Crippen LogP contribution in [0.15, 0.2) is 36.5 Å². The number of carbonyl (C=O) groups is 2. The molecule has 0 radical (unpaired) electrons. The highest BCUT2D eigenvalue weighted by molar-refractivity contribution is 6.30. The standard InChI is InChI=1S/C19H22ClN3O4/c1-13(23-19(25)12-26-16-4-2-15(20)3-5-16)6-7-22-18(24)11-27-17-8-14(9-17)10-21/h2-5,14,17H,1,6-9,11-12H2,(H,22,24)(H,23,25). The lowest BCUT2D eigenvalue weighted by atomic mass is 9.83. The summed E-state index contributed by atoms with van der Waals surface area (Å²) < 4.78 is 10.7. The summed E-state index contributed by atoms with van der Waals surface area (Å²) >= 11 is 5.78. The van der Waals surface area contributed by atoms with Crippen molar-refractivity contribution in [3.63, 3.8) is 0 Å². The van der Waals surface area contributed by atoms with Crippen molar-refractivity contribution in [1.82, 2.24) is 10.6 Å². The minimum atomic E-state index is -0.332. The molecule has 0 atom stereocenters. The van der Waals surface area contributed by atoms with E-state index in [1.54, 1.807) is 24.3 Å². The number of benzene rings is 1. The molecule has 1 saturated carbocycles. The Hall–Kier alpha value is -2.56. The third-order valence-electron chi connectivity index (χ3n) is 3.98. The third-order valence-corrected chi connectivity index (χ3v) is 4.23. The zero-order valence-electron chi connectivity index (χ0n) is 14.9. The van der Waals surface area contributed by atoms with Gasteiger partial charge in [0, 0.05) is 23.7 Å². The fraction of sp³-hybridized carbons (Fsp3) is 0.421. The summed E-state index contributed by atoms with van der Waals surface area (Å²) in [5.41, 5.74) is 0.483. The van der Waals surface area contributed by atoms with Crippen molar-refractivity contribution < 1.29 is 19.1 Å². The van der Waals surface area contributed by atoms with Gasteiger partial charge in [0.1, 0.15) is 12.4 Å². The predicted octanol–water partition coefficient (Wildman–Crippen LogP) is 2.17. The van der Waals surface area contributed by atoms with E-state index in [1.807, 2.05) is 0 Å². The Morgan fingerprint density at radius 2 is 1.93 bits per heavy atom. The first-order valence-electron chi connectivity index (χ1n) is 8.60. The number of carbonyl (C=O) groups excluding carboxylic acids is 2. The molecule has 0 bridgehead atoms. The van der Waals surface area contributed by atoms with E-state index in [2.05, 4.69) is 23.3 Å². The number of ether oxygens (including phenoxy) is 2. The number of hydrogen-bond donors (Lipinski definition) is 2. The zero-order chi connectivity index (χ0) is 19.6. The predicted molar refractivity (Wildman–Crippen MR) is 99.9 cm³/mol. The minimum absolute atomic E-state index is 0.00436. The smallest absolute Gasteiger partial charge is 0.262 e. The maximum atomic E-state index is 11.8. The van der Waals surface area contributed by atoms with Crippen molar-refractivity contribution in [3.8, 4) is 11.8 Å². The number of nitrogens with one attached hydrogen (secondary N) is 2. The van der Waals surface area contributed by atoms with Gasteiger partial charge in [-0.05, 0) is 37.1 Å². The van der Waals surface area contributed by atoms with Gasteiger partial charge in [0.2, 0.25) is 5.91 Å². The Balaban J connectivity index is 1.52. The van der Waals surface area contributed by atoms with Gasteiger partial charge in [0.25, 0.3) is 5.91 Å². The molecular weight excluding hydrogens is 370 g/mol.